The summed E-state index contributed by atoms with van der Waals surface area (Å²) >= 11 is 0. The molecular weight excluding hydrogens is 619 g/mol. The third kappa shape index (κ3) is 4.87. The zero-order chi connectivity index (χ0) is 33.9. The van der Waals surface area contributed by atoms with Crippen molar-refractivity contribution in [1.29, 1.82) is 0 Å². The molecule has 0 aliphatic rings. The van der Waals surface area contributed by atoms with Crippen molar-refractivity contribution in [2.45, 2.75) is 6.92 Å². The number of aryl methyl sites for hydroxylation is 1. The van der Waals surface area contributed by atoms with Crippen LogP contribution in [0.2, 0.25) is 0 Å². The maximum Gasteiger partial charge on any atom is 0.143 e. The molecule has 0 saturated heterocycles. The quantitative estimate of drug-likeness (QED) is 0.172. The highest BCUT2D eigenvalue weighted by molar-refractivity contribution is 6.25. The average molecular weight is 652 g/mol. The Morgan fingerprint density at radius 1 is 0.353 bits per heavy atom. The summed E-state index contributed by atoms with van der Waals surface area (Å²) in [5.41, 5.74) is 11.0. The van der Waals surface area contributed by atoms with Crippen LogP contribution in [-0.4, -0.2) is 0 Å². The van der Waals surface area contributed by atoms with Crippen LogP contribution >= 0.6 is 0 Å². The topological polar surface area (TPSA) is 16.4 Å². The number of anilines is 3. The molecule has 0 unspecified atom stereocenters. The number of hydrogen-bond donors (Lipinski definition) is 0. The molecule has 51 heavy (non-hydrogen) atoms. The van der Waals surface area contributed by atoms with Crippen molar-refractivity contribution in [2.24, 2.45) is 0 Å². The van der Waals surface area contributed by atoms with Crippen molar-refractivity contribution in [2.75, 3.05) is 4.90 Å². The van der Waals surface area contributed by atoms with Crippen LogP contribution in [0.5, 0.6) is 0 Å². The van der Waals surface area contributed by atoms with E-state index in [0.29, 0.717) is 0 Å². The van der Waals surface area contributed by atoms with Crippen molar-refractivity contribution >= 4 is 71.3 Å². The number of furan rings is 1. The van der Waals surface area contributed by atoms with Gasteiger partial charge in [-0.3, -0.25) is 0 Å². The highest BCUT2D eigenvalue weighted by Crippen LogP contribution is 2.42. The first kappa shape index (κ1) is 29.3. The van der Waals surface area contributed by atoms with E-state index in [2.05, 4.69) is 182 Å². The van der Waals surface area contributed by atoms with Gasteiger partial charge in [-0.15, -0.1) is 0 Å². The van der Waals surface area contributed by atoms with Crippen LogP contribution in [0.3, 0.4) is 0 Å². The SMILES string of the molecule is Cc1ccc(-c2ccc(N(c3ccc(-c4cccc5c4oc4ccccc45)cc3)c3ccc4c5ccccc5c5ccccc5c4c3)cc2)cc1. The number of hydrogen-bond acceptors (Lipinski definition) is 2. The van der Waals surface area contributed by atoms with E-state index in [0.717, 1.165) is 50.1 Å². The molecule has 1 heterocycles. The molecule has 240 valence electrons. The molecule has 0 aliphatic carbocycles. The Balaban J connectivity index is 1.13. The Morgan fingerprint density at radius 2 is 0.824 bits per heavy atom. The molecule has 0 N–H and O–H groups in total. The van der Waals surface area contributed by atoms with Gasteiger partial charge in [-0.05, 0) is 98.4 Å². The lowest BCUT2D eigenvalue weighted by atomic mass is 9.94. The second-order valence-electron chi connectivity index (χ2n) is 13.4. The minimum Gasteiger partial charge on any atom is -0.455 e. The van der Waals surface area contributed by atoms with Gasteiger partial charge < -0.3 is 9.32 Å². The van der Waals surface area contributed by atoms with Crippen LogP contribution in [0.1, 0.15) is 5.56 Å². The summed E-state index contributed by atoms with van der Waals surface area (Å²) in [6.07, 6.45) is 0. The Morgan fingerprint density at radius 3 is 1.45 bits per heavy atom. The first-order valence-electron chi connectivity index (χ1n) is 17.5. The third-order valence-electron chi connectivity index (χ3n) is 10.3. The summed E-state index contributed by atoms with van der Waals surface area (Å²) in [6, 6.07) is 65.7. The monoisotopic (exact) mass is 651 g/mol. The van der Waals surface area contributed by atoms with Gasteiger partial charge in [0.15, 0.2) is 0 Å². The number of rotatable bonds is 5. The molecule has 0 saturated carbocycles. The number of para-hydroxylation sites is 2. The molecule has 2 nitrogen and oxygen atoms in total. The first-order valence-corrected chi connectivity index (χ1v) is 17.5. The highest BCUT2D eigenvalue weighted by atomic mass is 16.3. The van der Waals surface area contributed by atoms with Gasteiger partial charge >= 0.3 is 0 Å². The van der Waals surface area contributed by atoms with Crippen molar-refractivity contribution < 1.29 is 4.42 Å². The van der Waals surface area contributed by atoms with Crippen LogP contribution in [0.4, 0.5) is 17.1 Å². The normalized spacial score (nSPS) is 11.6. The first-order chi connectivity index (χ1) is 25.2. The minimum absolute atomic E-state index is 0.911. The van der Waals surface area contributed by atoms with Gasteiger partial charge in [0.2, 0.25) is 0 Å². The highest BCUT2D eigenvalue weighted by Gasteiger charge is 2.17. The predicted octanol–water partition coefficient (Wildman–Crippen LogP) is 14.2. The van der Waals surface area contributed by atoms with Gasteiger partial charge in [0.1, 0.15) is 11.2 Å². The summed E-state index contributed by atoms with van der Waals surface area (Å²) in [6.45, 7) is 2.13. The molecule has 0 amide bonds. The Labute approximate surface area is 296 Å². The third-order valence-corrected chi connectivity index (χ3v) is 10.3. The lowest BCUT2D eigenvalue weighted by molar-refractivity contribution is 0.670. The van der Waals surface area contributed by atoms with Gasteiger partial charge in [0.25, 0.3) is 0 Å². The second kappa shape index (κ2) is 11.8. The lowest BCUT2D eigenvalue weighted by Gasteiger charge is -2.26. The van der Waals surface area contributed by atoms with E-state index in [1.165, 1.54) is 49.0 Å². The van der Waals surface area contributed by atoms with E-state index < -0.39 is 0 Å². The molecule has 0 radical (unpaired) electrons. The van der Waals surface area contributed by atoms with Crippen molar-refractivity contribution in [1.82, 2.24) is 0 Å². The Kier molecular flexibility index (Phi) is 6.75. The summed E-state index contributed by atoms with van der Waals surface area (Å²) in [5, 5.41) is 9.88. The molecule has 0 fully saturated rings. The fourth-order valence-electron chi connectivity index (χ4n) is 7.80. The van der Waals surface area contributed by atoms with E-state index in [1.807, 2.05) is 12.1 Å². The molecule has 1 aromatic heterocycles. The van der Waals surface area contributed by atoms with Crippen LogP contribution in [0.25, 0.3) is 76.5 Å². The molecule has 10 rings (SSSR count). The summed E-state index contributed by atoms with van der Waals surface area (Å²) in [7, 11) is 0. The number of fused-ring (bicyclic) bond motifs is 9. The smallest absolute Gasteiger partial charge is 0.143 e. The minimum atomic E-state index is 0.911. The van der Waals surface area contributed by atoms with Gasteiger partial charge in [0.05, 0.1) is 0 Å². The van der Waals surface area contributed by atoms with Crippen LogP contribution in [0, 0.1) is 6.92 Å². The van der Waals surface area contributed by atoms with Crippen molar-refractivity contribution in [3.05, 3.63) is 188 Å². The van der Waals surface area contributed by atoms with Crippen molar-refractivity contribution in [3.8, 4) is 22.3 Å². The van der Waals surface area contributed by atoms with Gasteiger partial charge in [-0.25, -0.2) is 0 Å². The maximum absolute atomic E-state index is 6.40. The van der Waals surface area contributed by atoms with E-state index in [9.17, 15) is 0 Å². The molecule has 0 spiro atoms. The van der Waals surface area contributed by atoms with E-state index in [1.54, 1.807) is 0 Å². The lowest BCUT2D eigenvalue weighted by Crippen LogP contribution is -2.10. The van der Waals surface area contributed by atoms with E-state index in [-0.39, 0.29) is 0 Å². The average Bonchev–Trinajstić information content (AvgIpc) is 3.58. The van der Waals surface area contributed by atoms with Crippen LogP contribution < -0.4 is 4.90 Å². The molecule has 0 bridgehead atoms. The molecule has 10 aromatic rings. The predicted molar refractivity (Wildman–Crippen MR) is 217 cm³/mol. The Bertz CT molecular complexity index is 2860. The summed E-state index contributed by atoms with van der Waals surface area (Å²) in [4.78, 5) is 2.37. The zero-order valence-electron chi connectivity index (χ0n) is 28.2. The fourth-order valence-corrected chi connectivity index (χ4v) is 7.80. The fraction of sp³-hybridized carbons (Fsp3) is 0.0204. The number of benzene rings is 9. The second-order valence-corrected chi connectivity index (χ2v) is 13.4. The van der Waals surface area contributed by atoms with Crippen LogP contribution in [0.15, 0.2) is 186 Å². The van der Waals surface area contributed by atoms with Gasteiger partial charge in [-0.1, -0.05) is 145 Å². The van der Waals surface area contributed by atoms with Gasteiger partial charge in [-0.2, -0.15) is 0 Å². The van der Waals surface area contributed by atoms with Crippen molar-refractivity contribution in [3.63, 3.8) is 0 Å². The van der Waals surface area contributed by atoms with E-state index in [4.69, 9.17) is 4.42 Å². The maximum atomic E-state index is 6.40. The zero-order valence-corrected chi connectivity index (χ0v) is 28.2. The van der Waals surface area contributed by atoms with Gasteiger partial charge in [0, 0.05) is 33.4 Å². The number of nitrogens with zero attached hydrogens (tertiary/aromatic N) is 1. The molecule has 9 aromatic carbocycles. The standard InChI is InChI=1S/C49H33NO/c1-32-17-19-33(20-18-32)34-21-25-36(26-22-34)50(38-29-30-44-42-11-3-2-9-40(42)41-10-4-5-12-43(41)47(44)31-38)37-27-23-35(24-28-37)39-14-8-15-46-45-13-6-7-16-48(45)51-49(39)46/h2-31H,1H3. The van der Waals surface area contributed by atoms with Crippen LogP contribution in [-0.2, 0) is 0 Å². The van der Waals surface area contributed by atoms with E-state index >= 15 is 0 Å². The molecule has 0 atom stereocenters. The summed E-state index contributed by atoms with van der Waals surface area (Å²) in [5.74, 6) is 0. The molecule has 2 heteroatoms. The largest absolute Gasteiger partial charge is 0.455 e. The Hall–Kier alpha value is -6.64. The summed E-state index contributed by atoms with van der Waals surface area (Å²) < 4.78 is 6.40. The molecule has 0 aliphatic heterocycles. The molecular formula is C49H33NO.